The van der Waals surface area contributed by atoms with Gasteiger partial charge in [0.05, 0.1) is 24.2 Å². The van der Waals surface area contributed by atoms with Gasteiger partial charge in [-0.25, -0.2) is 0 Å². The second-order valence-electron chi connectivity index (χ2n) is 6.24. The SMILES string of the molecule is COc1ccc(C(=O)N(Cc2nnc(-c3ccccc3Cl)o2)C(C)C)cc1. The molecule has 0 saturated heterocycles. The largest absolute Gasteiger partial charge is 0.497 e. The number of nitrogens with zero attached hydrogens (tertiary/aromatic N) is 3. The minimum absolute atomic E-state index is 0.0461. The summed E-state index contributed by atoms with van der Waals surface area (Å²) in [6.07, 6.45) is 0. The van der Waals surface area contributed by atoms with Crippen molar-refractivity contribution in [3.05, 3.63) is 65.0 Å². The summed E-state index contributed by atoms with van der Waals surface area (Å²) in [6, 6.07) is 14.2. The van der Waals surface area contributed by atoms with Crippen molar-refractivity contribution in [2.75, 3.05) is 7.11 Å². The Morgan fingerprint density at radius 2 is 1.85 bits per heavy atom. The van der Waals surface area contributed by atoms with Gasteiger partial charge in [-0.2, -0.15) is 0 Å². The first-order chi connectivity index (χ1) is 13.0. The number of benzene rings is 2. The van der Waals surface area contributed by atoms with Gasteiger partial charge in [-0.15, -0.1) is 10.2 Å². The molecule has 140 valence electrons. The van der Waals surface area contributed by atoms with Gasteiger partial charge >= 0.3 is 0 Å². The maximum atomic E-state index is 12.9. The van der Waals surface area contributed by atoms with E-state index in [0.717, 1.165) is 0 Å². The molecule has 1 aromatic heterocycles. The molecule has 3 aromatic rings. The zero-order chi connectivity index (χ0) is 19.4. The molecule has 0 aliphatic carbocycles. The van der Waals surface area contributed by atoms with Crippen molar-refractivity contribution >= 4 is 17.5 Å². The molecule has 2 aromatic carbocycles. The Kier molecular flexibility index (Phi) is 5.76. The minimum Gasteiger partial charge on any atom is -0.497 e. The van der Waals surface area contributed by atoms with E-state index in [1.54, 1.807) is 42.3 Å². The number of ether oxygens (including phenoxy) is 1. The van der Waals surface area contributed by atoms with Crippen LogP contribution >= 0.6 is 11.6 Å². The van der Waals surface area contributed by atoms with Crippen molar-refractivity contribution < 1.29 is 13.9 Å². The Hall–Kier alpha value is -2.86. The first-order valence-electron chi connectivity index (χ1n) is 8.52. The second kappa shape index (κ2) is 8.22. The van der Waals surface area contributed by atoms with Crippen molar-refractivity contribution in [3.63, 3.8) is 0 Å². The number of rotatable bonds is 6. The highest BCUT2D eigenvalue weighted by Crippen LogP contribution is 2.26. The van der Waals surface area contributed by atoms with Gasteiger partial charge in [0.2, 0.25) is 11.8 Å². The summed E-state index contributed by atoms with van der Waals surface area (Å²) in [5, 5.41) is 8.66. The maximum absolute atomic E-state index is 12.9. The fraction of sp³-hybridized carbons (Fsp3) is 0.250. The number of hydrogen-bond acceptors (Lipinski definition) is 5. The molecule has 27 heavy (non-hydrogen) atoms. The monoisotopic (exact) mass is 385 g/mol. The molecule has 0 bridgehead atoms. The Morgan fingerprint density at radius 1 is 1.15 bits per heavy atom. The van der Waals surface area contributed by atoms with Crippen LogP contribution in [0.4, 0.5) is 0 Å². The predicted octanol–water partition coefficient (Wildman–Crippen LogP) is 4.45. The third kappa shape index (κ3) is 4.28. The summed E-state index contributed by atoms with van der Waals surface area (Å²) in [4.78, 5) is 14.6. The molecule has 0 saturated carbocycles. The van der Waals surface area contributed by atoms with Gasteiger partial charge in [0.25, 0.3) is 5.91 Å². The highest BCUT2D eigenvalue weighted by atomic mass is 35.5. The van der Waals surface area contributed by atoms with Crippen LogP contribution in [0.15, 0.2) is 52.9 Å². The number of amides is 1. The van der Waals surface area contributed by atoms with Crippen LogP contribution in [0.1, 0.15) is 30.1 Å². The topological polar surface area (TPSA) is 68.5 Å². The van der Waals surface area contributed by atoms with E-state index in [-0.39, 0.29) is 18.5 Å². The molecule has 0 aliphatic rings. The van der Waals surface area contributed by atoms with Crippen LogP contribution in [0.3, 0.4) is 0 Å². The Bertz CT molecular complexity index is 922. The molecule has 0 spiro atoms. The predicted molar refractivity (Wildman–Crippen MR) is 103 cm³/mol. The zero-order valence-electron chi connectivity index (χ0n) is 15.3. The summed E-state index contributed by atoms with van der Waals surface area (Å²) in [5.41, 5.74) is 1.23. The Balaban J connectivity index is 1.80. The molecule has 1 heterocycles. The van der Waals surface area contributed by atoms with Gasteiger partial charge in [0.1, 0.15) is 5.75 Å². The third-order valence-corrected chi connectivity index (χ3v) is 4.43. The number of carbonyl (C=O) groups is 1. The highest BCUT2D eigenvalue weighted by molar-refractivity contribution is 6.33. The van der Waals surface area contributed by atoms with Crippen LogP contribution < -0.4 is 4.74 Å². The van der Waals surface area contributed by atoms with E-state index in [4.69, 9.17) is 20.8 Å². The molecule has 6 nitrogen and oxygen atoms in total. The molecule has 7 heteroatoms. The van der Waals surface area contributed by atoms with E-state index in [1.165, 1.54) is 0 Å². The summed E-state index contributed by atoms with van der Waals surface area (Å²) < 4.78 is 10.9. The Morgan fingerprint density at radius 3 is 2.48 bits per heavy atom. The molecule has 0 atom stereocenters. The van der Waals surface area contributed by atoms with Gasteiger partial charge in [-0.3, -0.25) is 4.79 Å². The normalized spacial score (nSPS) is 10.9. The van der Waals surface area contributed by atoms with E-state index in [2.05, 4.69) is 10.2 Å². The van der Waals surface area contributed by atoms with E-state index < -0.39 is 0 Å². The second-order valence-corrected chi connectivity index (χ2v) is 6.64. The summed E-state index contributed by atoms with van der Waals surface area (Å²) in [7, 11) is 1.59. The smallest absolute Gasteiger partial charge is 0.254 e. The highest BCUT2D eigenvalue weighted by Gasteiger charge is 2.22. The lowest BCUT2D eigenvalue weighted by molar-refractivity contribution is 0.0672. The Labute approximate surface area is 162 Å². The lowest BCUT2D eigenvalue weighted by Gasteiger charge is -2.25. The lowest BCUT2D eigenvalue weighted by atomic mass is 10.1. The minimum atomic E-state index is -0.120. The maximum Gasteiger partial charge on any atom is 0.254 e. The van der Waals surface area contributed by atoms with Crippen LogP contribution in [0.2, 0.25) is 5.02 Å². The van der Waals surface area contributed by atoms with E-state index in [0.29, 0.717) is 33.7 Å². The average molecular weight is 386 g/mol. The van der Waals surface area contributed by atoms with Crippen LogP contribution in [-0.2, 0) is 6.54 Å². The number of halogens is 1. The standard InChI is InChI=1S/C20H20ClN3O3/c1-13(2)24(20(25)14-8-10-15(26-3)11-9-14)12-18-22-23-19(27-18)16-6-4-5-7-17(16)21/h4-11,13H,12H2,1-3H3. The number of aromatic nitrogens is 2. The summed E-state index contributed by atoms with van der Waals surface area (Å²) >= 11 is 6.18. The van der Waals surface area contributed by atoms with Gasteiger partial charge in [0, 0.05) is 11.6 Å². The lowest BCUT2D eigenvalue weighted by Crippen LogP contribution is -2.36. The number of hydrogen-bond donors (Lipinski definition) is 0. The van der Waals surface area contributed by atoms with Crippen molar-refractivity contribution in [2.24, 2.45) is 0 Å². The number of carbonyl (C=O) groups excluding carboxylic acids is 1. The molecule has 1 amide bonds. The van der Waals surface area contributed by atoms with Gasteiger partial charge in [-0.1, -0.05) is 23.7 Å². The van der Waals surface area contributed by atoms with Crippen molar-refractivity contribution in [2.45, 2.75) is 26.4 Å². The summed E-state index contributed by atoms with van der Waals surface area (Å²) in [5.74, 6) is 1.26. The third-order valence-electron chi connectivity index (χ3n) is 4.10. The van der Waals surface area contributed by atoms with Crippen LogP contribution in [0.5, 0.6) is 5.75 Å². The van der Waals surface area contributed by atoms with Gasteiger partial charge < -0.3 is 14.1 Å². The molecule has 0 N–H and O–H groups in total. The van der Waals surface area contributed by atoms with Crippen molar-refractivity contribution in [3.8, 4) is 17.2 Å². The van der Waals surface area contributed by atoms with Crippen molar-refractivity contribution in [1.29, 1.82) is 0 Å². The van der Waals surface area contributed by atoms with Crippen LogP contribution in [-0.4, -0.2) is 34.2 Å². The molecule has 0 unspecified atom stereocenters. The summed E-state index contributed by atoms with van der Waals surface area (Å²) in [6.45, 7) is 4.08. The fourth-order valence-electron chi connectivity index (χ4n) is 2.60. The molecular formula is C20H20ClN3O3. The van der Waals surface area contributed by atoms with E-state index >= 15 is 0 Å². The quantitative estimate of drug-likeness (QED) is 0.627. The van der Waals surface area contributed by atoms with Crippen LogP contribution in [0.25, 0.3) is 11.5 Å². The molecule has 0 fully saturated rings. The van der Waals surface area contributed by atoms with Gasteiger partial charge in [0.15, 0.2) is 0 Å². The molecule has 0 radical (unpaired) electrons. The van der Waals surface area contributed by atoms with Crippen LogP contribution in [0, 0.1) is 0 Å². The van der Waals surface area contributed by atoms with Crippen molar-refractivity contribution in [1.82, 2.24) is 15.1 Å². The van der Waals surface area contributed by atoms with Gasteiger partial charge in [-0.05, 0) is 50.2 Å². The van der Waals surface area contributed by atoms with E-state index in [1.807, 2.05) is 32.0 Å². The average Bonchev–Trinajstić information content (AvgIpc) is 3.14. The first kappa shape index (κ1) is 18.9. The molecule has 3 rings (SSSR count). The molecular weight excluding hydrogens is 366 g/mol. The first-order valence-corrected chi connectivity index (χ1v) is 8.89. The number of methoxy groups -OCH3 is 1. The molecule has 0 aliphatic heterocycles. The zero-order valence-corrected chi connectivity index (χ0v) is 16.1. The van der Waals surface area contributed by atoms with E-state index in [9.17, 15) is 4.79 Å². The fourth-order valence-corrected chi connectivity index (χ4v) is 2.81.